The predicted molar refractivity (Wildman–Crippen MR) is 66.7 cm³/mol. The van der Waals surface area contributed by atoms with Crippen LogP contribution in [-0.2, 0) is 0 Å². The summed E-state index contributed by atoms with van der Waals surface area (Å²) in [5.74, 6) is -6.82. The fourth-order valence-electron chi connectivity index (χ4n) is 1.31. The van der Waals surface area contributed by atoms with Crippen molar-refractivity contribution in [1.29, 1.82) is 0 Å². The zero-order valence-corrected chi connectivity index (χ0v) is 10.4. The number of pyridine rings is 1. The molecule has 1 heterocycles. The standard InChI is InChI=1S/C12H6ClF4N3/c13-7-3-1-6(2-4-7)5-18-20-10-8(14)11(16)19-12(17)9(10)15/h1-5H,(H,19,20)/b18-5+. The van der Waals surface area contributed by atoms with Gasteiger partial charge in [0.1, 0.15) is 5.69 Å². The van der Waals surface area contributed by atoms with Gasteiger partial charge in [-0.3, -0.25) is 5.43 Å². The lowest BCUT2D eigenvalue weighted by atomic mass is 10.2. The van der Waals surface area contributed by atoms with Crippen LogP contribution in [0.15, 0.2) is 29.4 Å². The van der Waals surface area contributed by atoms with E-state index in [1.165, 1.54) is 6.21 Å². The van der Waals surface area contributed by atoms with E-state index in [-0.39, 0.29) is 0 Å². The molecule has 1 aromatic heterocycles. The number of hydrogen-bond acceptors (Lipinski definition) is 3. The maximum absolute atomic E-state index is 13.2. The molecular weight excluding hydrogens is 298 g/mol. The summed E-state index contributed by atoms with van der Waals surface area (Å²) in [7, 11) is 0. The van der Waals surface area contributed by atoms with Gasteiger partial charge in [0.05, 0.1) is 6.21 Å². The molecule has 3 nitrogen and oxygen atoms in total. The molecule has 104 valence electrons. The molecule has 0 aliphatic heterocycles. The monoisotopic (exact) mass is 303 g/mol. The van der Waals surface area contributed by atoms with Crippen LogP contribution in [0.5, 0.6) is 0 Å². The van der Waals surface area contributed by atoms with Crippen LogP contribution in [0.3, 0.4) is 0 Å². The van der Waals surface area contributed by atoms with Crippen LogP contribution in [0.2, 0.25) is 5.02 Å². The maximum Gasteiger partial charge on any atom is 0.254 e. The maximum atomic E-state index is 13.2. The van der Waals surface area contributed by atoms with Crippen LogP contribution in [0.4, 0.5) is 23.2 Å². The summed E-state index contributed by atoms with van der Waals surface area (Å²) in [6, 6.07) is 6.34. The van der Waals surface area contributed by atoms with Gasteiger partial charge >= 0.3 is 0 Å². The van der Waals surface area contributed by atoms with E-state index in [0.29, 0.717) is 10.6 Å². The number of hydrazone groups is 1. The van der Waals surface area contributed by atoms with Crippen LogP contribution < -0.4 is 5.43 Å². The molecule has 8 heteroatoms. The van der Waals surface area contributed by atoms with Crippen molar-refractivity contribution in [2.24, 2.45) is 5.10 Å². The third kappa shape index (κ3) is 3.05. The lowest BCUT2D eigenvalue weighted by Gasteiger charge is -2.04. The molecule has 0 aliphatic carbocycles. The molecule has 2 rings (SSSR count). The van der Waals surface area contributed by atoms with E-state index in [9.17, 15) is 17.6 Å². The van der Waals surface area contributed by atoms with Gasteiger partial charge < -0.3 is 0 Å². The molecule has 0 unspecified atom stereocenters. The van der Waals surface area contributed by atoms with Gasteiger partial charge in [-0.2, -0.15) is 27.6 Å². The molecule has 0 saturated heterocycles. The van der Waals surface area contributed by atoms with E-state index in [1.807, 2.05) is 5.43 Å². The average molecular weight is 304 g/mol. The number of benzene rings is 1. The molecule has 0 bridgehead atoms. The highest BCUT2D eigenvalue weighted by Crippen LogP contribution is 2.21. The Morgan fingerprint density at radius 3 is 2.10 bits per heavy atom. The van der Waals surface area contributed by atoms with Crippen molar-refractivity contribution >= 4 is 23.5 Å². The van der Waals surface area contributed by atoms with Crippen LogP contribution in [0, 0.1) is 23.5 Å². The van der Waals surface area contributed by atoms with Gasteiger partial charge in [0.15, 0.2) is 0 Å². The molecule has 1 N–H and O–H groups in total. The number of hydrogen-bond donors (Lipinski definition) is 1. The topological polar surface area (TPSA) is 37.3 Å². The van der Waals surface area contributed by atoms with E-state index in [4.69, 9.17) is 11.6 Å². The minimum absolute atomic E-state index is 0.505. The molecule has 0 radical (unpaired) electrons. The number of aromatic nitrogens is 1. The largest absolute Gasteiger partial charge is 0.272 e. The second-order valence-electron chi connectivity index (χ2n) is 3.62. The second-order valence-corrected chi connectivity index (χ2v) is 4.05. The zero-order valence-electron chi connectivity index (χ0n) is 9.67. The van der Waals surface area contributed by atoms with Crippen LogP contribution in [0.1, 0.15) is 5.56 Å². The van der Waals surface area contributed by atoms with Crippen molar-refractivity contribution < 1.29 is 17.6 Å². The van der Waals surface area contributed by atoms with Gasteiger partial charge in [-0.15, -0.1) is 0 Å². The molecule has 0 atom stereocenters. The van der Waals surface area contributed by atoms with Crippen molar-refractivity contribution in [3.05, 3.63) is 58.4 Å². The van der Waals surface area contributed by atoms with Crippen LogP contribution in [-0.4, -0.2) is 11.2 Å². The Balaban J connectivity index is 2.21. The second kappa shape index (κ2) is 5.87. The summed E-state index contributed by atoms with van der Waals surface area (Å²) in [5.41, 5.74) is 1.40. The molecule has 0 amide bonds. The Hall–Kier alpha value is -2.15. The molecule has 20 heavy (non-hydrogen) atoms. The first-order valence-electron chi connectivity index (χ1n) is 5.23. The summed E-state index contributed by atoms with van der Waals surface area (Å²) < 4.78 is 52.1. The molecule has 0 spiro atoms. The van der Waals surface area contributed by atoms with E-state index >= 15 is 0 Å². The van der Waals surface area contributed by atoms with Gasteiger partial charge in [-0.25, -0.2) is 0 Å². The van der Waals surface area contributed by atoms with Crippen molar-refractivity contribution in [2.75, 3.05) is 5.43 Å². The Labute approximate surface area is 115 Å². The van der Waals surface area contributed by atoms with E-state index < -0.39 is 29.2 Å². The van der Waals surface area contributed by atoms with Gasteiger partial charge in [0.2, 0.25) is 11.6 Å². The lowest BCUT2D eigenvalue weighted by molar-refractivity contribution is 0.411. The molecule has 2 aromatic rings. The summed E-state index contributed by atoms with van der Waals surface area (Å²) in [6.07, 6.45) is 1.20. The van der Waals surface area contributed by atoms with E-state index in [0.717, 1.165) is 0 Å². The molecule has 0 fully saturated rings. The highest BCUT2D eigenvalue weighted by atomic mass is 35.5. The normalized spacial score (nSPS) is 11.1. The van der Waals surface area contributed by atoms with Crippen molar-refractivity contribution in [1.82, 2.24) is 4.98 Å². The number of halogens is 5. The van der Waals surface area contributed by atoms with Crippen LogP contribution in [0.25, 0.3) is 0 Å². The predicted octanol–water partition coefficient (Wildman–Crippen LogP) is 3.74. The molecular formula is C12H6ClF4N3. The Morgan fingerprint density at radius 2 is 1.55 bits per heavy atom. The Morgan fingerprint density at radius 1 is 1.00 bits per heavy atom. The summed E-state index contributed by atoms with van der Waals surface area (Å²) in [5, 5.41) is 3.99. The average Bonchev–Trinajstić information content (AvgIpc) is 2.42. The number of rotatable bonds is 3. The smallest absolute Gasteiger partial charge is 0.254 e. The van der Waals surface area contributed by atoms with E-state index in [1.54, 1.807) is 24.3 Å². The van der Waals surface area contributed by atoms with E-state index in [2.05, 4.69) is 10.1 Å². The van der Waals surface area contributed by atoms with Gasteiger partial charge in [0, 0.05) is 5.02 Å². The highest BCUT2D eigenvalue weighted by molar-refractivity contribution is 6.30. The minimum Gasteiger partial charge on any atom is -0.272 e. The first-order chi connectivity index (χ1) is 9.49. The fourth-order valence-corrected chi connectivity index (χ4v) is 1.43. The number of nitrogens with one attached hydrogen (secondary N) is 1. The molecule has 0 aliphatic rings. The lowest BCUT2D eigenvalue weighted by Crippen LogP contribution is -2.05. The van der Waals surface area contributed by atoms with Gasteiger partial charge in [-0.05, 0) is 17.7 Å². The van der Waals surface area contributed by atoms with Crippen molar-refractivity contribution in [3.63, 3.8) is 0 Å². The Bertz CT molecular complexity index is 632. The van der Waals surface area contributed by atoms with Crippen LogP contribution >= 0.6 is 11.6 Å². The van der Waals surface area contributed by atoms with Gasteiger partial charge in [-0.1, -0.05) is 23.7 Å². The summed E-state index contributed by atoms with van der Waals surface area (Å²) in [6.45, 7) is 0. The SMILES string of the molecule is Fc1nc(F)c(F)c(N/N=C/c2ccc(Cl)cc2)c1F. The third-order valence-electron chi connectivity index (χ3n) is 2.26. The Kier molecular flexibility index (Phi) is 4.19. The number of anilines is 1. The highest BCUT2D eigenvalue weighted by Gasteiger charge is 2.20. The summed E-state index contributed by atoms with van der Waals surface area (Å²) in [4.78, 5) is 2.42. The fraction of sp³-hybridized carbons (Fsp3) is 0. The van der Waals surface area contributed by atoms with Crippen molar-refractivity contribution in [2.45, 2.75) is 0 Å². The zero-order chi connectivity index (χ0) is 14.7. The number of nitrogens with zero attached hydrogens (tertiary/aromatic N) is 2. The summed E-state index contributed by atoms with van der Waals surface area (Å²) >= 11 is 5.67. The molecule has 0 saturated carbocycles. The molecule has 1 aromatic carbocycles. The first kappa shape index (κ1) is 14.3. The quantitative estimate of drug-likeness (QED) is 0.406. The van der Waals surface area contributed by atoms with Crippen molar-refractivity contribution in [3.8, 4) is 0 Å². The third-order valence-corrected chi connectivity index (χ3v) is 2.51. The first-order valence-corrected chi connectivity index (χ1v) is 5.61. The minimum atomic E-state index is -1.76. The van der Waals surface area contributed by atoms with Gasteiger partial charge in [0.25, 0.3) is 11.9 Å².